The van der Waals surface area contributed by atoms with Crippen LogP contribution in [0.2, 0.25) is 5.02 Å². The number of carbonyl (C=O) groups is 1. The Morgan fingerprint density at radius 3 is 2.67 bits per heavy atom. The van der Waals surface area contributed by atoms with Gasteiger partial charge in [0.25, 0.3) is 0 Å². The molecule has 0 aliphatic carbocycles. The fraction of sp³-hybridized carbons (Fsp3) is 0.0476. The smallest absolute Gasteiger partial charge is 0.201 e. The van der Waals surface area contributed by atoms with Gasteiger partial charge in [0.15, 0.2) is 0 Å². The molecule has 2 aromatic carbocycles. The van der Waals surface area contributed by atoms with E-state index in [0.717, 1.165) is 16.1 Å². The normalized spacial score (nSPS) is 13.1. The Hall–Kier alpha value is -2.76. The van der Waals surface area contributed by atoms with Crippen LogP contribution in [0.5, 0.6) is 5.75 Å². The predicted molar refractivity (Wildman–Crippen MR) is 109 cm³/mol. The standard InChI is InChI=1S/C21H15ClN2O2S/c1-12-2-5-17(25)15(10-12)19-21(20(26)13-6-8-23-9-7-13)27-18-11-14(22)3-4-16(18)24-19/h2-11,24-25H,1H3. The van der Waals surface area contributed by atoms with Gasteiger partial charge >= 0.3 is 0 Å². The second-order valence-electron chi connectivity index (χ2n) is 6.16. The largest absolute Gasteiger partial charge is 0.507 e. The number of phenolic OH excluding ortho intramolecular Hbond substituents is 1. The number of aromatic nitrogens is 1. The van der Waals surface area contributed by atoms with E-state index < -0.39 is 0 Å². The second kappa shape index (κ2) is 7.10. The molecule has 0 radical (unpaired) electrons. The summed E-state index contributed by atoms with van der Waals surface area (Å²) in [5.74, 6) is -0.0300. The van der Waals surface area contributed by atoms with Gasteiger partial charge in [0.1, 0.15) is 5.75 Å². The van der Waals surface area contributed by atoms with Gasteiger partial charge in [-0.2, -0.15) is 0 Å². The fourth-order valence-electron chi connectivity index (χ4n) is 2.87. The molecule has 0 saturated heterocycles. The molecule has 3 aromatic rings. The number of anilines is 1. The van der Waals surface area contributed by atoms with E-state index >= 15 is 0 Å². The van der Waals surface area contributed by atoms with Crippen LogP contribution in [0, 0.1) is 6.92 Å². The zero-order chi connectivity index (χ0) is 19.0. The van der Waals surface area contributed by atoms with E-state index in [2.05, 4.69) is 10.3 Å². The molecule has 0 saturated carbocycles. The number of hydrogen-bond acceptors (Lipinski definition) is 5. The topological polar surface area (TPSA) is 62.2 Å². The van der Waals surface area contributed by atoms with E-state index in [0.29, 0.717) is 26.8 Å². The summed E-state index contributed by atoms with van der Waals surface area (Å²) in [6.45, 7) is 1.94. The summed E-state index contributed by atoms with van der Waals surface area (Å²) in [5.41, 5.74) is 3.52. The highest BCUT2D eigenvalue weighted by Gasteiger charge is 2.27. The maximum Gasteiger partial charge on any atom is 0.201 e. The number of thioether (sulfide) groups is 1. The Morgan fingerprint density at radius 2 is 1.89 bits per heavy atom. The van der Waals surface area contributed by atoms with Crippen molar-refractivity contribution in [1.29, 1.82) is 0 Å². The van der Waals surface area contributed by atoms with Crippen molar-refractivity contribution in [2.24, 2.45) is 0 Å². The number of benzene rings is 2. The Bertz CT molecular complexity index is 1080. The van der Waals surface area contributed by atoms with Crippen molar-refractivity contribution in [1.82, 2.24) is 4.98 Å². The monoisotopic (exact) mass is 394 g/mol. The highest BCUT2D eigenvalue weighted by Crippen LogP contribution is 2.46. The molecule has 1 aromatic heterocycles. The first-order chi connectivity index (χ1) is 13.0. The van der Waals surface area contributed by atoms with E-state index in [1.165, 1.54) is 11.8 Å². The van der Waals surface area contributed by atoms with Crippen molar-refractivity contribution in [2.45, 2.75) is 11.8 Å². The van der Waals surface area contributed by atoms with Gasteiger partial charge in [-0.1, -0.05) is 35.0 Å². The number of carbonyl (C=O) groups excluding carboxylic acids is 1. The van der Waals surface area contributed by atoms with Gasteiger partial charge in [-0.05, 0) is 49.4 Å². The number of halogens is 1. The van der Waals surface area contributed by atoms with Gasteiger partial charge in [-0.3, -0.25) is 9.78 Å². The lowest BCUT2D eigenvalue weighted by Crippen LogP contribution is -2.13. The van der Waals surface area contributed by atoms with Crippen molar-refractivity contribution < 1.29 is 9.90 Å². The molecule has 1 aliphatic rings. The van der Waals surface area contributed by atoms with E-state index in [-0.39, 0.29) is 11.5 Å². The quantitative estimate of drug-likeness (QED) is 0.573. The summed E-state index contributed by atoms with van der Waals surface area (Å²) in [6, 6.07) is 14.2. The molecule has 27 heavy (non-hydrogen) atoms. The van der Waals surface area contributed by atoms with Crippen LogP contribution in [0.15, 0.2) is 70.7 Å². The summed E-state index contributed by atoms with van der Waals surface area (Å²) >= 11 is 7.47. The van der Waals surface area contributed by atoms with Crippen LogP contribution in [-0.4, -0.2) is 15.9 Å². The van der Waals surface area contributed by atoms with Gasteiger partial charge in [-0.15, -0.1) is 0 Å². The number of pyridine rings is 1. The van der Waals surface area contributed by atoms with Crippen molar-refractivity contribution in [3.8, 4) is 5.75 Å². The molecule has 0 spiro atoms. The maximum atomic E-state index is 13.2. The number of fused-ring (bicyclic) bond motifs is 1. The Kier molecular flexibility index (Phi) is 4.64. The molecule has 0 bridgehead atoms. The van der Waals surface area contributed by atoms with Crippen molar-refractivity contribution >= 4 is 40.5 Å². The third-order valence-corrected chi connectivity index (χ3v) is 5.60. The van der Waals surface area contributed by atoms with Gasteiger partial charge < -0.3 is 10.4 Å². The van der Waals surface area contributed by atoms with Crippen molar-refractivity contribution in [2.75, 3.05) is 5.32 Å². The van der Waals surface area contributed by atoms with E-state index in [1.54, 1.807) is 36.7 Å². The van der Waals surface area contributed by atoms with Crippen LogP contribution in [0.25, 0.3) is 5.70 Å². The summed E-state index contributed by atoms with van der Waals surface area (Å²) in [4.78, 5) is 18.5. The zero-order valence-corrected chi connectivity index (χ0v) is 15.9. The number of Topliss-reactive ketones (excluding diaryl/α,β-unsaturated/α-hetero) is 1. The highest BCUT2D eigenvalue weighted by atomic mass is 35.5. The van der Waals surface area contributed by atoms with Gasteiger partial charge in [-0.25, -0.2) is 0 Å². The number of ketones is 1. The molecule has 0 atom stereocenters. The molecule has 2 heterocycles. The molecule has 4 nitrogen and oxygen atoms in total. The number of hydrogen-bond donors (Lipinski definition) is 2. The van der Waals surface area contributed by atoms with Crippen LogP contribution in [-0.2, 0) is 0 Å². The predicted octanol–water partition coefficient (Wildman–Crippen LogP) is 5.52. The molecule has 134 valence electrons. The summed E-state index contributed by atoms with van der Waals surface area (Å²) < 4.78 is 0. The maximum absolute atomic E-state index is 13.2. The molecule has 1 aliphatic heterocycles. The molecule has 0 unspecified atom stereocenters. The molecule has 0 amide bonds. The fourth-order valence-corrected chi connectivity index (χ4v) is 4.22. The Balaban J connectivity index is 1.90. The molecule has 2 N–H and O–H groups in total. The van der Waals surface area contributed by atoms with E-state index in [1.807, 2.05) is 31.2 Å². The lowest BCUT2D eigenvalue weighted by atomic mass is 10.0. The average Bonchev–Trinajstić information content (AvgIpc) is 2.69. The first-order valence-corrected chi connectivity index (χ1v) is 9.46. The number of aryl methyl sites for hydroxylation is 1. The molecule has 6 heteroatoms. The third-order valence-electron chi connectivity index (χ3n) is 4.21. The van der Waals surface area contributed by atoms with Crippen LogP contribution in [0.3, 0.4) is 0 Å². The van der Waals surface area contributed by atoms with Crippen molar-refractivity contribution in [3.05, 3.63) is 87.5 Å². The number of allylic oxidation sites excluding steroid dienone is 1. The Labute approximate surface area is 165 Å². The van der Waals surface area contributed by atoms with E-state index in [4.69, 9.17) is 11.6 Å². The zero-order valence-electron chi connectivity index (χ0n) is 14.4. The second-order valence-corrected chi connectivity index (χ2v) is 7.65. The van der Waals surface area contributed by atoms with E-state index in [9.17, 15) is 9.90 Å². The van der Waals surface area contributed by atoms with Crippen LogP contribution in [0.4, 0.5) is 5.69 Å². The van der Waals surface area contributed by atoms with Gasteiger partial charge in [0, 0.05) is 33.4 Å². The van der Waals surface area contributed by atoms with Crippen molar-refractivity contribution in [3.63, 3.8) is 0 Å². The number of nitrogens with one attached hydrogen (secondary N) is 1. The van der Waals surface area contributed by atoms with Crippen LogP contribution < -0.4 is 5.32 Å². The summed E-state index contributed by atoms with van der Waals surface area (Å²) in [5, 5.41) is 14.3. The summed E-state index contributed by atoms with van der Waals surface area (Å²) in [6.07, 6.45) is 3.17. The first-order valence-electron chi connectivity index (χ1n) is 8.26. The third kappa shape index (κ3) is 3.44. The number of aromatic hydroxyl groups is 1. The minimum absolute atomic E-state index is 0.112. The summed E-state index contributed by atoms with van der Waals surface area (Å²) in [7, 11) is 0. The molecular formula is C21H15ClN2O2S. The Morgan fingerprint density at radius 1 is 1.11 bits per heavy atom. The number of nitrogens with zero attached hydrogens (tertiary/aromatic N) is 1. The molecular weight excluding hydrogens is 380 g/mol. The lowest BCUT2D eigenvalue weighted by Gasteiger charge is -2.24. The van der Waals surface area contributed by atoms with Crippen LogP contribution in [0.1, 0.15) is 21.5 Å². The minimum atomic E-state index is -0.142. The van der Waals surface area contributed by atoms with Crippen LogP contribution >= 0.6 is 23.4 Å². The first kappa shape index (κ1) is 17.6. The SMILES string of the molecule is Cc1ccc(O)c(C2=C(C(=O)c3ccncc3)Sc3cc(Cl)ccc3N2)c1. The molecule has 4 rings (SSSR count). The lowest BCUT2D eigenvalue weighted by molar-refractivity contribution is 0.104. The number of phenols is 1. The van der Waals surface area contributed by atoms with Gasteiger partial charge in [0.2, 0.25) is 5.78 Å². The highest BCUT2D eigenvalue weighted by molar-refractivity contribution is 8.04. The minimum Gasteiger partial charge on any atom is -0.507 e. The number of rotatable bonds is 3. The van der Waals surface area contributed by atoms with Gasteiger partial charge in [0.05, 0.1) is 16.3 Å². The average molecular weight is 395 g/mol. The molecule has 0 fully saturated rings.